The van der Waals surface area contributed by atoms with Gasteiger partial charge in [0.05, 0.1) is 12.3 Å². The second kappa shape index (κ2) is 9.03. The molecule has 0 fully saturated rings. The van der Waals surface area contributed by atoms with Gasteiger partial charge in [0.15, 0.2) is 0 Å². The maximum Gasteiger partial charge on any atom is 0.251 e. The SMILES string of the molecule is CC[C@@H](O)CCNC(=O)c1cccc(COc2ccc(C)nc2)c1. The van der Waals surface area contributed by atoms with Gasteiger partial charge in [0, 0.05) is 17.8 Å². The van der Waals surface area contributed by atoms with E-state index in [4.69, 9.17) is 4.74 Å². The molecule has 0 radical (unpaired) electrons. The van der Waals surface area contributed by atoms with Gasteiger partial charge in [-0.15, -0.1) is 0 Å². The van der Waals surface area contributed by atoms with Crippen LogP contribution in [0.15, 0.2) is 42.6 Å². The highest BCUT2D eigenvalue weighted by Gasteiger charge is 2.07. The Balaban J connectivity index is 1.88. The first kappa shape index (κ1) is 17.9. The van der Waals surface area contributed by atoms with Crippen molar-refractivity contribution in [1.82, 2.24) is 10.3 Å². The fourth-order valence-electron chi connectivity index (χ4n) is 2.17. The fraction of sp³-hybridized carbons (Fsp3) is 0.368. The van der Waals surface area contributed by atoms with Crippen LogP contribution in [0.25, 0.3) is 0 Å². The van der Waals surface area contributed by atoms with E-state index in [0.717, 1.165) is 11.3 Å². The molecule has 0 saturated carbocycles. The van der Waals surface area contributed by atoms with Crippen LogP contribution >= 0.6 is 0 Å². The van der Waals surface area contributed by atoms with Crippen LogP contribution in [0.5, 0.6) is 5.75 Å². The number of aromatic nitrogens is 1. The van der Waals surface area contributed by atoms with E-state index < -0.39 is 0 Å². The standard InChI is InChI=1S/C19H24N2O3/c1-3-17(22)9-10-20-19(23)16-6-4-5-15(11-16)13-24-18-8-7-14(2)21-12-18/h4-8,11-12,17,22H,3,9-10,13H2,1-2H3,(H,20,23)/t17-/m1/s1. The molecule has 1 amide bonds. The Morgan fingerprint density at radius 2 is 2.17 bits per heavy atom. The summed E-state index contributed by atoms with van der Waals surface area (Å²) in [5.41, 5.74) is 2.44. The topological polar surface area (TPSA) is 71.5 Å². The number of hydrogen-bond donors (Lipinski definition) is 2. The molecule has 0 aliphatic carbocycles. The lowest BCUT2D eigenvalue weighted by Crippen LogP contribution is -2.27. The molecule has 24 heavy (non-hydrogen) atoms. The maximum absolute atomic E-state index is 12.1. The van der Waals surface area contributed by atoms with E-state index >= 15 is 0 Å². The van der Waals surface area contributed by atoms with Crippen molar-refractivity contribution in [3.05, 3.63) is 59.4 Å². The fourth-order valence-corrected chi connectivity index (χ4v) is 2.17. The second-order valence-corrected chi connectivity index (χ2v) is 5.73. The number of rotatable bonds is 8. The molecule has 2 rings (SSSR count). The summed E-state index contributed by atoms with van der Waals surface area (Å²) in [7, 11) is 0. The van der Waals surface area contributed by atoms with Crippen LogP contribution in [-0.2, 0) is 6.61 Å². The summed E-state index contributed by atoms with van der Waals surface area (Å²) in [5.74, 6) is 0.557. The first-order chi connectivity index (χ1) is 11.6. The Bertz CT molecular complexity index is 656. The van der Waals surface area contributed by atoms with Crippen molar-refractivity contribution >= 4 is 5.91 Å². The number of aliphatic hydroxyl groups excluding tert-OH is 1. The average Bonchev–Trinajstić information content (AvgIpc) is 2.61. The molecular weight excluding hydrogens is 304 g/mol. The minimum atomic E-state index is -0.367. The van der Waals surface area contributed by atoms with E-state index in [2.05, 4.69) is 10.3 Å². The monoisotopic (exact) mass is 328 g/mol. The minimum Gasteiger partial charge on any atom is -0.487 e. The van der Waals surface area contributed by atoms with Crippen LogP contribution < -0.4 is 10.1 Å². The number of ether oxygens (including phenoxy) is 1. The van der Waals surface area contributed by atoms with Gasteiger partial charge in [0.25, 0.3) is 5.91 Å². The molecule has 1 atom stereocenters. The minimum absolute atomic E-state index is 0.142. The summed E-state index contributed by atoms with van der Waals surface area (Å²) in [6.07, 6.45) is 2.57. The number of hydrogen-bond acceptors (Lipinski definition) is 4. The van der Waals surface area contributed by atoms with Crippen LogP contribution in [0.1, 0.15) is 41.4 Å². The van der Waals surface area contributed by atoms with E-state index in [1.807, 2.05) is 44.2 Å². The zero-order valence-electron chi connectivity index (χ0n) is 14.2. The Labute approximate surface area is 142 Å². The van der Waals surface area contributed by atoms with Gasteiger partial charge < -0.3 is 15.2 Å². The maximum atomic E-state index is 12.1. The number of aryl methyl sites for hydroxylation is 1. The molecule has 0 aliphatic heterocycles. The highest BCUT2D eigenvalue weighted by Crippen LogP contribution is 2.13. The van der Waals surface area contributed by atoms with E-state index in [0.29, 0.717) is 37.3 Å². The molecule has 1 aromatic carbocycles. The lowest BCUT2D eigenvalue weighted by Gasteiger charge is -2.10. The number of benzene rings is 1. The molecule has 0 saturated heterocycles. The Morgan fingerprint density at radius 1 is 1.33 bits per heavy atom. The normalized spacial score (nSPS) is 11.8. The summed E-state index contributed by atoms with van der Waals surface area (Å²) in [5, 5.41) is 12.3. The van der Waals surface area contributed by atoms with Gasteiger partial charge in [-0.25, -0.2) is 0 Å². The zero-order valence-corrected chi connectivity index (χ0v) is 14.2. The van der Waals surface area contributed by atoms with Crippen molar-refractivity contribution in [3.8, 4) is 5.75 Å². The van der Waals surface area contributed by atoms with Gasteiger partial charge in [-0.1, -0.05) is 19.1 Å². The van der Waals surface area contributed by atoms with Crippen molar-refractivity contribution in [2.24, 2.45) is 0 Å². The molecule has 5 nitrogen and oxygen atoms in total. The molecular formula is C19H24N2O3. The molecule has 5 heteroatoms. The van der Waals surface area contributed by atoms with Crippen LogP contribution in [0, 0.1) is 6.92 Å². The van der Waals surface area contributed by atoms with E-state index in [-0.39, 0.29) is 12.0 Å². The number of carbonyl (C=O) groups is 1. The summed E-state index contributed by atoms with van der Waals surface area (Å²) in [4.78, 5) is 16.3. The van der Waals surface area contributed by atoms with Gasteiger partial charge in [0.2, 0.25) is 0 Å². The van der Waals surface area contributed by atoms with E-state index in [1.54, 1.807) is 12.3 Å². The van der Waals surface area contributed by atoms with Gasteiger partial charge in [-0.2, -0.15) is 0 Å². The Hall–Kier alpha value is -2.40. The zero-order chi connectivity index (χ0) is 17.4. The quantitative estimate of drug-likeness (QED) is 0.781. The lowest BCUT2D eigenvalue weighted by molar-refractivity contribution is 0.0942. The average molecular weight is 328 g/mol. The van der Waals surface area contributed by atoms with Crippen molar-refractivity contribution < 1.29 is 14.6 Å². The van der Waals surface area contributed by atoms with Gasteiger partial charge in [0.1, 0.15) is 12.4 Å². The smallest absolute Gasteiger partial charge is 0.251 e. The first-order valence-corrected chi connectivity index (χ1v) is 8.19. The number of nitrogens with one attached hydrogen (secondary N) is 1. The van der Waals surface area contributed by atoms with Crippen LogP contribution in [-0.4, -0.2) is 28.6 Å². The number of aliphatic hydroxyl groups is 1. The molecule has 0 unspecified atom stereocenters. The number of pyridine rings is 1. The summed E-state index contributed by atoms with van der Waals surface area (Å²) >= 11 is 0. The predicted octanol–water partition coefficient (Wildman–Crippen LogP) is 2.86. The molecule has 0 aliphatic rings. The van der Waals surface area contributed by atoms with Gasteiger partial charge in [-0.05, 0) is 49.6 Å². The Kier molecular flexibility index (Phi) is 6.75. The summed E-state index contributed by atoms with van der Waals surface area (Å²) < 4.78 is 5.68. The number of carbonyl (C=O) groups excluding carboxylic acids is 1. The van der Waals surface area contributed by atoms with Crippen molar-refractivity contribution in [3.63, 3.8) is 0 Å². The van der Waals surface area contributed by atoms with Crippen LogP contribution in [0.4, 0.5) is 0 Å². The van der Waals surface area contributed by atoms with Crippen molar-refractivity contribution in [2.45, 2.75) is 39.4 Å². The Morgan fingerprint density at radius 3 is 2.88 bits per heavy atom. The number of nitrogens with zero attached hydrogens (tertiary/aromatic N) is 1. The highest BCUT2D eigenvalue weighted by molar-refractivity contribution is 5.94. The lowest BCUT2D eigenvalue weighted by atomic mass is 10.1. The molecule has 0 bridgehead atoms. The highest BCUT2D eigenvalue weighted by atomic mass is 16.5. The second-order valence-electron chi connectivity index (χ2n) is 5.73. The summed E-state index contributed by atoms with van der Waals surface area (Å²) in [6, 6.07) is 11.1. The molecule has 2 aromatic rings. The molecule has 1 heterocycles. The van der Waals surface area contributed by atoms with Crippen molar-refractivity contribution in [2.75, 3.05) is 6.54 Å². The largest absolute Gasteiger partial charge is 0.487 e. The predicted molar refractivity (Wildman–Crippen MR) is 93.0 cm³/mol. The van der Waals surface area contributed by atoms with E-state index in [9.17, 15) is 9.90 Å². The molecule has 128 valence electrons. The molecule has 1 aromatic heterocycles. The third-order valence-electron chi connectivity index (χ3n) is 3.71. The number of amides is 1. The summed E-state index contributed by atoms with van der Waals surface area (Å²) in [6.45, 7) is 4.68. The van der Waals surface area contributed by atoms with Crippen LogP contribution in [0.3, 0.4) is 0 Å². The van der Waals surface area contributed by atoms with Crippen molar-refractivity contribution in [1.29, 1.82) is 0 Å². The molecule has 0 spiro atoms. The van der Waals surface area contributed by atoms with Gasteiger partial charge in [-0.3, -0.25) is 9.78 Å². The third-order valence-corrected chi connectivity index (χ3v) is 3.71. The third kappa shape index (κ3) is 5.66. The van der Waals surface area contributed by atoms with E-state index in [1.165, 1.54) is 0 Å². The molecule has 2 N–H and O–H groups in total. The van der Waals surface area contributed by atoms with Crippen LogP contribution in [0.2, 0.25) is 0 Å². The first-order valence-electron chi connectivity index (χ1n) is 8.19. The van der Waals surface area contributed by atoms with Gasteiger partial charge >= 0.3 is 0 Å².